The molecule has 1 heterocycles. The summed E-state index contributed by atoms with van der Waals surface area (Å²) in [4.78, 5) is 27.0. The second-order valence-electron chi connectivity index (χ2n) is 7.30. The minimum atomic E-state index is -0.429. The van der Waals surface area contributed by atoms with Crippen molar-refractivity contribution in [3.63, 3.8) is 0 Å². The van der Waals surface area contributed by atoms with Gasteiger partial charge in [0.25, 0.3) is 0 Å². The summed E-state index contributed by atoms with van der Waals surface area (Å²) in [5, 5.41) is 3.09. The van der Waals surface area contributed by atoms with Crippen molar-refractivity contribution in [1.82, 2.24) is 10.2 Å². The maximum atomic E-state index is 12.8. The molecule has 0 aromatic carbocycles. The quantitative estimate of drug-likeness (QED) is 0.731. The van der Waals surface area contributed by atoms with Gasteiger partial charge in [0.15, 0.2) is 0 Å². The lowest BCUT2D eigenvalue weighted by Crippen LogP contribution is -2.51. The molecule has 0 aliphatic carbocycles. The highest BCUT2D eigenvalue weighted by molar-refractivity contribution is 5.85. The van der Waals surface area contributed by atoms with Gasteiger partial charge in [-0.1, -0.05) is 27.7 Å². The van der Waals surface area contributed by atoms with E-state index in [-0.39, 0.29) is 36.2 Å². The zero-order chi connectivity index (χ0) is 17.6. The van der Waals surface area contributed by atoms with Gasteiger partial charge in [-0.15, -0.1) is 12.4 Å². The predicted molar refractivity (Wildman–Crippen MR) is 101 cm³/mol. The Hall–Kier alpha value is -0.810. The van der Waals surface area contributed by atoms with Crippen LogP contribution in [0.2, 0.25) is 0 Å². The van der Waals surface area contributed by atoms with Crippen LogP contribution >= 0.6 is 12.4 Å². The van der Waals surface area contributed by atoms with Gasteiger partial charge < -0.3 is 16.0 Å². The van der Waals surface area contributed by atoms with Crippen molar-refractivity contribution in [2.24, 2.45) is 23.0 Å². The fraction of sp³-hybridized carbons (Fsp3) is 0.889. The molecule has 1 aliphatic heterocycles. The number of rotatable bonds is 7. The molecule has 1 saturated heterocycles. The maximum absolute atomic E-state index is 12.8. The van der Waals surface area contributed by atoms with Crippen molar-refractivity contribution in [3.8, 4) is 0 Å². The first-order valence-corrected chi connectivity index (χ1v) is 9.11. The fourth-order valence-corrected chi connectivity index (χ4v) is 3.12. The second-order valence-corrected chi connectivity index (χ2v) is 7.30. The smallest absolute Gasteiger partial charge is 0.230 e. The average molecular weight is 362 g/mol. The molecule has 6 heteroatoms. The van der Waals surface area contributed by atoms with E-state index in [2.05, 4.69) is 19.2 Å². The van der Waals surface area contributed by atoms with Crippen LogP contribution < -0.4 is 11.1 Å². The summed E-state index contributed by atoms with van der Waals surface area (Å²) in [6.07, 6.45) is 3.03. The Morgan fingerprint density at radius 3 is 2.04 bits per heavy atom. The number of halogens is 1. The number of nitrogens with zero attached hydrogens (tertiary/aromatic N) is 1. The Morgan fingerprint density at radius 1 is 1.17 bits per heavy atom. The number of hydrogen-bond donors (Lipinski definition) is 2. The molecule has 3 N–H and O–H groups in total. The largest absolute Gasteiger partial charge is 0.353 e. The summed E-state index contributed by atoms with van der Waals surface area (Å²) < 4.78 is 0. The minimum Gasteiger partial charge on any atom is -0.353 e. The number of nitrogens with one attached hydrogen (secondary N) is 1. The number of likely N-dealkylation sites (tertiary alicyclic amines) is 1. The third-order valence-corrected chi connectivity index (χ3v) is 5.72. The monoisotopic (exact) mass is 361 g/mol. The average Bonchev–Trinajstić information content (AvgIpc) is 2.56. The van der Waals surface area contributed by atoms with E-state index < -0.39 is 5.41 Å². The summed E-state index contributed by atoms with van der Waals surface area (Å²) in [5.41, 5.74) is 5.45. The van der Waals surface area contributed by atoms with Crippen LogP contribution in [0.3, 0.4) is 0 Å². The van der Waals surface area contributed by atoms with Crippen LogP contribution in [0, 0.1) is 17.3 Å². The molecule has 5 nitrogen and oxygen atoms in total. The molecule has 2 amide bonds. The van der Waals surface area contributed by atoms with Crippen molar-refractivity contribution in [1.29, 1.82) is 0 Å². The second kappa shape index (κ2) is 10.2. The summed E-state index contributed by atoms with van der Waals surface area (Å²) in [5.74, 6) is 0.754. The van der Waals surface area contributed by atoms with Gasteiger partial charge in [0.2, 0.25) is 11.8 Å². The van der Waals surface area contributed by atoms with Crippen LogP contribution in [0.15, 0.2) is 0 Å². The molecule has 0 bridgehead atoms. The third kappa shape index (κ3) is 5.35. The summed E-state index contributed by atoms with van der Waals surface area (Å²) in [7, 11) is 0. The van der Waals surface area contributed by atoms with E-state index in [4.69, 9.17) is 5.73 Å². The van der Waals surface area contributed by atoms with Crippen LogP contribution in [0.25, 0.3) is 0 Å². The Balaban J connectivity index is 0.00000529. The molecule has 1 fully saturated rings. The SMILES string of the molecule is CCC(CC)(CN)C(=O)N1CCC(C(=O)NC(C)C(C)C)CC1.Cl. The summed E-state index contributed by atoms with van der Waals surface area (Å²) in [6, 6.07) is 0.187. The van der Waals surface area contributed by atoms with E-state index in [1.54, 1.807) is 0 Å². The van der Waals surface area contributed by atoms with E-state index in [1.807, 2.05) is 25.7 Å². The Morgan fingerprint density at radius 2 is 1.67 bits per heavy atom. The number of nitrogens with two attached hydrogens (primary N) is 1. The number of carbonyl (C=O) groups is 2. The standard InChI is InChI=1S/C18H35N3O2.ClH/c1-6-18(7-2,12-19)17(23)21-10-8-15(9-11-21)16(22)20-14(5)13(3)4;/h13-15H,6-12,19H2,1-5H3,(H,20,22);1H. The molecular weight excluding hydrogens is 326 g/mol. The minimum absolute atomic E-state index is 0. The predicted octanol–water partition coefficient (Wildman–Crippen LogP) is 2.57. The number of amides is 2. The van der Waals surface area contributed by atoms with Crippen LogP contribution in [0.1, 0.15) is 60.3 Å². The molecule has 0 aromatic heterocycles. The van der Waals surface area contributed by atoms with Crippen molar-refractivity contribution < 1.29 is 9.59 Å². The topological polar surface area (TPSA) is 75.4 Å². The molecule has 142 valence electrons. The lowest BCUT2D eigenvalue weighted by molar-refractivity contribution is -0.145. The first kappa shape index (κ1) is 23.2. The molecule has 0 saturated carbocycles. The van der Waals surface area contributed by atoms with Gasteiger partial charge in [0.05, 0.1) is 5.41 Å². The Bertz CT molecular complexity index is 395. The van der Waals surface area contributed by atoms with E-state index in [0.717, 1.165) is 25.7 Å². The van der Waals surface area contributed by atoms with Gasteiger partial charge in [-0.2, -0.15) is 0 Å². The maximum Gasteiger partial charge on any atom is 0.230 e. The van der Waals surface area contributed by atoms with Crippen LogP contribution in [-0.2, 0) is 9.59 Å². The van der Waals surface area contributed by atoms with E-state index in [0.29, 0.717) is 25.6 Å². The zero-order valence-corrected chi connectivity index (χ0v) is 16.7. The fourth-order valence-electron chi connectivity index (χ4n) is 3.12. The molecule has 24 heavy (non-hydrogen) atoms. The van der Waals surface area contributed by atoms with Crippen LogP contribution in [-0.4, -0.2) is 42.4 Å². The number of carbonyl (C=O) groups excluding carboxylic acids is 2. The summed E-state index contributed by atoms with van der Waals surface area (Å²) >= 11 is 0. The molecule has 1 unspecified atom stereocenters. The molecule has 0 spiro atoms. The highest BCUT2D eigenvalue weighted by Gasteiger charge is 2.38. The first-order chi connectivity index (χ1) is 10.8. The molecule has 1 aliphatic rings. The lowest BCUT2D eigenvalue weighted by atomic mass is 9.80. The Labute approximate surface area is 153 Å². The van der Waals surface area contributed by atoms with Crippen LogP contribution in [0.5, 0.6) is 0 Å². The zero-order valence-electron chi connectivity index (χ0n) is 15.9. The molecule has 0 aromatic rings. The molecule has 0 radical (unpaired) electrons. The van der Waals surface area contributed by atoms with Crippen molar-refractivity contribution in [2.45, 2.75) is 66.3 Å². The molecule has 1 rings (SSSR count). The van der Waals surface area contributed by atoms with E-state index >= 15 is 0 Å². The van der Waals surface area contributed by atoms with Gasteiger partial charge in [-0.3, -0.25) is 9.59 Å². The first-order valence-electron chi connectivity index (χ1n) is 9.11. The summed E-state index contributed by atoms with van der Waals surface area (Å²) in [6.45, 7) is 12.0. The van der Waals surface area contributed by atoms with Gasteiger partial charge in [-0.05, 0) is 38.5 Å². The van der Waals surface area contributed by atoms with Crippen LogP contribution in [0.4, 0.5) is 0 Å². The normalized spacial score (nSPS) is 17.4. The highest BCUT2D eigenvalue weighted by atomic mass is 35.5. The lowest BCUT2D eigenvalue weighted by Gasteiger charge is -2.39. The van der Waals surface area contributed by atoms with Gasteiger partial charge >= 0.3 is 0 Å². The van der Waals surface area contributed by atoms with Gasteiger partial charge in [0, 0.05) is 31.6 Å². The number of piperidine rings is 1. The van der Waals surface area contributed by atoms with Gasteiger partial charge in [-0.25, -0.2) is 0 Å². The Kier molecular flexibility index (Phi) is 9.90. The van der Waals surface area contributed by atoms with E-state index in [1.165, 1.54) is 0 Å². The molecule has 1 atom stereocenters. The van der Waals surface area contributed by atoms with Crippen molar-refractivity contribution in [3.05, 3.63) is 0 Å². The number of hydrogen-bond acceptors (Lipinski definition) is 3. The third-order valence-electron chi connectivity index (χ3n) is 5.72. The highest BCUT2D eigenvalue weighted by Crippen LogP contribution is 2.30. The molecular formula is C18H36ClN3O2. The van der Waals surface area contributed by atoms with Crippen molar-refractivity contribution >= 4 is 24.2 Å². The van der Waals surface area contributed by atoms with Crippen molar-refractivity contribution in [2.75, 3.05) is 19.6 Å². The van der Waals surface area contributed by atoms with E-state index in [9.17, 15) is 9.59 Å². The van der Waals surface area contributed by atoms with Gasteiger partial charge in [0.1, 0.15) is 0 Å².